The molecule has 1 unspecified atom stereocenters. The van der Waals surface area contributed by atoms with Crippen molar-refractivity contribution in [3.63, 3.8) is 0 Å². The van der Waals surface area contributed by atoms with Gasteiger partial charge in [-0.1, -0.05) is 17.3 Å². The van der Waals surface area contributed by atoms with E-state index in [9.17, 15) is 13.6 Å². The third kappa shape index (κ3) is 3.98. The molecule has 0 saturated carbocycles. The molecule has 1 N–H and O–H groups in total. The van der Waals surface area contributed by atoms with Crippen LogP contribution in [0.25, 0.3) is 0 Å². The zero-order chi connectivity index (χ0) is 19.5. The van der Waals surface area contributed by atoms with E-state index in [0.717, 1.165) is 31.6 Å². The molecule has 2 aliphatic heterocycles. The summed E-state index contributed by atoms with van der Waals surface area (Å²) in [4.78, 5) is 20.1. The summed E-state index contributed by atoms with van der Waals surface area (Å²) in [6.07, 6.45) is 2.71. The molecule has 4 rings (SSSR count). The molecule has 5 nitrogen and oxygen atoms in total. The zero-order valence-corrected chi connectivity index (χ0v) is 15.3. The molecule has 0 radical (unpaired) electrons. The Bertz CT molecular complexity index is 910. The van der Waals surface area contributed by atoms with Crippen LogP contribution in [0.4, 0.5) is 20.2 Å². The number of carbonyl (C=O) groups is 1. The SMILES string of the molecule is O=C(Nc1cc(F)ccc1N1CCCCC1)C1CC(c2cccc(F)c2)=NO1. The van der Waals surface area contributed by atoms with Gasteiger partial charge >= 0.3 is 0 Å². The van der Waals surface area contributed by atoms with Crippen LogP contribution in [0, 0.1) is 11.6 Å². The van der Waals surface area contributed by atoms with Crippen LogP contribution < -0.4 is 10.2 Å². The van der Waals surface area contributed by atoms with Crippen LogP contribution >= 0.6 is 0 Å². The largest absolute Gasteiger partial charge is 0.382 e. The van der Waals surface area contributed by atoms with Gasteiger partial charge in [-0.3, -0.25) is 4.79 Å². The fourth-order valence-electron chi connectivity index (χ4n) is 3.59. The van der Waals surface area contributed by atoms with Gasteiger partial charge in [-0.05, 0) is 49.6 Å². The standard InChI is InChI=1S/C21H21F2N3O2/c22-15-6-4-5-14(11-15)17-13-20(28-25-17)21(27)24-18-12-16(23)7-8-19(18)26-9-2-1-3-10-26/h4-8,11-12,20H,1-3,9-10,13H2,(H,24,27). The van der Waals surface area contributed by atoms with Gasteiger partial charge in [-0.15, -0.1) is 0 Å². The molecule has 1 saturated heterocycles. The second-order valence-corrected chi connectivity index (χ2v) is 7.04. The molecule has 0 aliphatic carbocycles. The first-order valence-corrected chi connectivity index (χ1v) is 9.44. The Morgan fingerprint density at radius 1 is 1.07 bits per heavy atom. The third-order valence-corrected chi connectivity index (χ3v) is 5.03. The van der Waals surface area contributed by atoms with Gasteiger partial charge in [0.25, 0.3) is 5.91 Å². The minimum atomic E-state index is -0.837. The number of piperidine rings is 1. The summed E-state index contributed by atoms with van der Waals surface area (Å²) in [5, 5.41) is 6.71. The van der Waals surface area contributed by atoms with Crippen LogP contribution in [-0.2, 0) is 9.63 Å². The van der Waals surface area contributed by atoms with Gasteiger partial charge in [0, 0.05) is 25.1 Å². The number of hydrogen-bond acceptors (Lipinski definition) is 4. The van der Waals surface area contributed by atoms with Gasteiger partial charge in [0.05, 0.1) is 17.1 Å². The number of nitrogens with zero attached hydrogens (tertiary/aromatic N) is 2. The Labute approximate surface area is 162 Å². The molecule has 1 atom stereocenters. The van der Waals surface area contributed by atoms with Crippen molar-refractivity contribution in [1.82, 2.24) is 0 Å². The molecule has 2 aliphatic rings. The lowest BCUT2D eigenvalue weighted by atomic mass is 10.0. The number of anilines is 2. The van der Waals surface area contributed by atoms with Gasteiger partial charge in [0.15, 0.2) is 0 Å². The number of amides is 1. The first-order valence-electron chi connectivity index (χ1n) is 9.44. The first kappa shape index (κ1) is 18.4. The maximum absolute atomic E-state index is 13.8. The summed E-state index contributed by atoms with van der Waals surface area (Å²) in [5.74, 6) is -1.20. The second-order valence-electron chi connectivity index (χ2n) is 7.04. The highest BCUT2D eigenvalue weighted by atomic mass is 19.1. The van der Waals surface area contributed by atoms with E-state index < -0.39 is 17.8 Å². The predicted molar refractivity (Wildman–Crippen MR) is 104 cm³/mol. The van der Waals surface area contributed by atoms with E-state index in [1.165, 1.54) is 30.7 Å². The van der Waals surface area contributed by atoms with Crippen LogP contribution in [0.2, 0.25) is 0 Å². The van der Waals surface area contributed by atoms with E-state index in [1.807, 2.05) is 0 Å². The number of rotatable bonds is 4. The smallest absolute Gasteiger partial charge is 0.268 e. The van der Waals surface area contributed by atoms with Crippen LogP contribution in [0.5, 0.6) is 0 Å². The van der Waals surface area contributed by atoms with Crippen molar-refractivity contribution in [3.05, 3.63) is 59.7 Å². The number of nitrogens with one attached hydrogen (secondary N) is 1. The summed E-state index contributed by atoms with van der Waals surface area (Å²) < 4.78 is 27.2. The van der Waals surface area contributed by atoms with Gasteiger partial charge < -0.3 is 15.1 Å². The molecule has 0 spiro atoms. The molecule has 0 bridgehead atoms. The normalized spacial score (nSPS) is 19.1. The highest BCUT2D eigenvalue weighted by Gasteiger charge is 2.30. The lowest BCUT2D eigenvalue weighted by molar-refractivity contribution is -0.125. The van der Waals surface area contributed by atoms with Crippen molar-refractivity contribution in [2.24, 2.45) is 5.16 Å². The number of hydrogen-bond donors (Lipinski definition) is 1. The van der Waals surface area contributed by atoms with Crippen LogP contribution in [-0.4, -0.2) is 30.8 Å². The molecule has 146 valence electrons. The van der Waals surface area contributed by atoms with E-state index in [0.29, 0.717) is 17.0 Å². The van der Waals surface area contributed by atoms with E-state index in [4.69, 9.17) is 4.84 Å². The minimum Gasteiger partial charge on any atom is -0.382 e. The van der Waals surface area contributed by atoms with Crippen molar-refractivity contribution in [1.29, 1.82) is 0 Å². The number of halogens is 2. The van der Waals surface area contributed by atoms with Gasteiger partial charge in [0.2, 0.25) is 6.10 Å². The Kier molecular flexibility index (Phi) is 5.23. The fourth-order valence-corrected chi connectivity index (χ4v) is 3.59. The predicted octanol–water partition coefficient (Wildman–Crippen LogP) is 4.09. The highest BCUT2D eigenvalue weighted by molar-refractivity contribution is 6.06. The average molecular weight is 385 g/mol. The molecule has 28 heavy (non-hydrogen) atoms. The average Bonchev–Trinajstić information content (AvgIpc) is 3.19. The molecule has 0 aromatic heterocycles. The van der Waals surface area contributed by atoms with Crippen molar-refractivity contribution in [2.75, 3.05) is 23.3 Å². The number of oxime groups is 1. The lowest BCUT2D eigenvalue weighted by Crippen LogP contribution is -2.32. The summed E-state index contributed by atoms with van der Waals surface area (Å²) in [6, 6.07) is 10.4. The Balaban J connectivity index is 1.46. The maximum Gasteiger partial charge on any atom is 0.268 e. The van der Waals surface area contributed by atoms with E-state index in [2.05, 4.69) is 15.4 Å². The van der Waals surface area contributed by atoms with E-state index in [1.54, 1.807) is 18.2 Å². The lowest BCUT2D eigenvalue weighted by Gasteiger charge is -2.30. The van der Waals surface area contributed by atoms with Crippen LogP contribution in [0.15, 0.2) is 47.6 Å². The summed E-state index contributed by atoms with van der Waals surface area (Å²) in [7, 11) is 0. The molecule has 2 aromatic rings. The van der Waals surface area contributed by atoms with Crippen LogP contribution in [0.1, 0.15) is 31.2 Å². The molecular weight excluding hydrogens is 364 g/mol. The van der Waals surface area contributed by atoms with E-state index >= 15 is 0 Å². The number of benzene rings is 2. The highest BCUT2D eigenvalue weighted by Crippen LogP contribution is 2.30. The Hall–Kier alpha value is -2.96. The van der Waals surface area contributed by atoms with E-state index in [-0.39, 0.29) is 12.2 Å². The topological polar surface area (TPSA) is 53.9 Å². The zero-order valence-electron chi connectivity index (χ0n) is 15.3. The Morgan fingerprint density at radius 3 is 2.64 bits per heavy atom. The summed E-state index contributed by atoms with van der Waals surface area (Å²) >= 11 is 0. The minimum absolute atomic E-state index is 0.226. The molecule has 7 heteroatoms. The van der Waals surface area contributed by atoms with Crippen molar-refractivity contribution in [3.8, 4) is 0 Å². The number of carbonyl (C=O) groups excluding carboxylic acids is 1. The van der Waals surface area contributed by atoms with Gasteiger partial charge in [0.1, 0.15) is 11.6 Å². The molecule has 2 aromatic carbocycles. The quantitative estimate of drug-likeness (QED) is 0.863. The Morgan fingerprint density at radius 2 is 1.86 bits per heavy atom. The fraction of sp³-hybridized carbons (Fsp3) is 0.333. The van der Waals surface area contributed by atoms with Crippen LogP contribution in [0.3, 0.4) is 0 Å². The molecule has 1 amide bonds. The maximum atomic E-state index is 13.8. The van der Waals surface area contributed by atoms with Crippen molar-refractivity contribution >= 4 is 23.0 Å². The summed E-state index contributed by atoms with van der Waals surface area (Å²) in [6.45, 7) is 1.75. The first-order chi connectivity index (χ1) is 13.6. The monoisotopic (exact) mass is 385 g/mol. The third-order valence-electron chi connectivity index (χ3n) is 5.03. The molecule has 1 fully saturated rings. The summed E-state index contributed by atoms with van der Waals surface area (Å²) in [5.41, 5.74) is 2.32. The second kappa shape index (κ2) is 7.96. The van der Waals surface area contributed by atoms with Gasteiger partial charge in [-0.25, -0.2) is 8.78 Å². The van der Waals surface area contributed by atoms with Gasteiger partial charge in [-0.2, -0.15) is 0 Å². The molecule has 2 heterocycles. The van der Waals surface area contributed by atoms with Crippen molar-refractivity contribution < 1.29 is 18.4 Å². The van der Waals surface area contributed by atoms with Crippen molar-refractivity contribution in [2.45, 2.75) is 31.8 Å². The molecular formula is C21H21F2N3O2.